The summed E-state index contributed by atoms with van der Waals surface area (Å²) >= 11 is 0. The van der Waals surface area contributed by atoms with Gasteiger partial charge in [0, 0.05) is 40.4 Å². The van der Waals surface area contributed by atoms with Crippen LogP contribution in [0.25, 0.3) is 0 Å². The van der Waals surface area contributed by atoms with Crippen LogP contribution in [0.2, 0.25) is 0 Å². The number of carbonyl (C=O) groups is 2. The summed E-state index contributed by atoms with van der Waals surface area (Å²) in [6.07, 6.45) is 2.44. The first-order chi connectivity index (χ1) is 9.63. The molecule has 2 aliphatic heterocycles. The van der Waals surface area contributed by atoms with Gasteiger partial charge >= 0.3 is 0 Å². The second-order valence-corrected chi connectivity index (χ2v) is 5.63. The highest BCUT2D eigenvalue weighted by Crippen LogP contribution is 2.41. The highest BCUT2D eigenvalue weighted by molar-refractivity contribution is 5.85. The molecule has 2 rings (SSSR count). The van der Waals surface area contributed by atoms with Crippen molar-refractivity contribution in [1.82, 2.24) is 9.80 Å². The number of carbonyl (C=O) groups excluding carboxylic acids is 2. The zero-order chi connectivity index (χ0) is 14.6. The van der Waals surface area contributed by atoms with Crippen molar-refractivity contribution >= 4 is 11.8 Å². The molecule has 0 unspecified atom stereocenters. The summed E-state index contributed by atoms with van der Waals surface area (Å²) in [7, 11) is 3.17. The van der Waals surface area contributed by atoms with Crippen LogP contribution in [0, 0.1) is 5.41 Å². The van der Waals surface area contributed by atoms with Gasteiger partial charge in [0.25, 0.3) is 0 Å². The monoisotopic (exact) mass is 284 g/mol. The van der Waals surface area contributed by atoms with Crippen molar-refractivity contribution in [1.29, 1.82) is 0 Å². The molecule has 0 aliphatic carbocycles. The maximum atomic E-state index is 12.5. The summed E-state index contributed by atoms with van der Waals surface area (Å²) in [5.74, 6) is 0.262. The predicted molar refractivity (Wildman–Crippen MR) is 73.2 cm³/mol. The SMILES string of the molecule is COCCN1CCC2(CCN(C(=O)COC)CC2)C1=O. The van der Waals surface area contributed by atoms with Crippen molar-refractivity contribution in [2.75, 3.05) is 53.6 Å². The van der Waals surface area contributed by atoms with Gasteiger partial charge in [0.1, 0.15) is 6.61 Å². The fourth-order valence-electron chi connectivity index (χ4n) is 3.17. The molecule has 2 heterocycles. The molecule has 0 saturated carbocycles. The van der Waals surface area contributed by atoms with Crippen molar-refractivity contribution in [3.05, 3.63) is 0 Å². The number of ether oxygens (including phenoxy) is 2. The Kier molecular flexibility index (Phi) is 4.99. The van der Waals surface area contributed by atoms with E-state index in [1.54, 1.807) is 12.0 Å². The van der Waals surface area contributed by atoms with E-state index >= 15 is 0 Å². The van der Waals surface area contributed by atoms with Crippen LogP contribution in [0.3, 0.4) is 0 Å². The first kappa shape index (κ1) is 15.3. The largest absolute Gasteiger partial charge is 0.383 e. The van der Waals surface area contributed by atoms with Crippen LogP contribution in [0.1, 0.15) is 19.3 Å². The average molecular weight is 284 g/mol. The molecule has 114 valence electrons. The van der Waals surface area contributed by atoms with Gasteiger partial charge in [-0.2, -0.15) is 0 Å². The van der Waals surface area contributed by atoms with Crippen LogP contribution >= 0.6 is 0 Å². The molecule has 0 N–H and O–H groups in total. The molecule has 2 saturated heterocycles. The third kappa shape index (κ3) is 2.96. The van der Waals surface area contributed by atoms with E-state index in [-0.39, 0.29) is 23.8 Å². The topological polar surface area (TPSA) is 59.1 Å². The van der Waals surface area contributed by atoms with Gasteiger partial charge < -0.3 is 19.3 Å². The first-order valence-electron chi connectivity index (χ1n) is 7.18. The molecule has 2 fully saturated rings. The molecule has 6 nitrogen and oxygen atoms in total. The summed E-state index contributed by atoms with van der Waals surface area (Å²) < 4.78 is 9.92. The maximum Gasteiger partial charge on any atom is 0.248 e. The molecule has 20 heavy (non-hydrogen) atoms. The standard InChI is InChI=1S/C14H24N2O4/c1-19-10-9-16-8-5-14(13(16)18)3-6-15(7-4-14)12(17)11-20-2/h3-11H2,1-2H3. The van der Waals surface area contributed by atoms with Crippen molar-refractivity contribution in [3.8, 4) is 0 Å². The lowest BCUT2D eigenvalue weighted by atomic mass is 9.77. The van der Waals surface area contributed by atoms with Crippen molar-refractivity contribution < 1.29 is 19.1 Å². The van der Waals surface area contributed by atoms with E-state index in [4.69, 9.17) is 9.47 Å². The summed E-state index contributed by atoms with van der Waals surface area (Å²) in [5, 5.41) is 0. The quantitative estimate of drug-likeness (QED) is 0.719. The van der Waals surface area contributed by atoms with Crippen LogP contribution < -0.4 is 0 Å². The Morgan fingerprint density at radius 1 is 1.15 bits per heavy atom. The molecular weight excluding hydrogens is 260 g/mol. The van der Waals surface area contributed by atoms with E-state index in [1.807, 2.05) is 4.90 Å². The smallest absolute Gasteiger partial charge is 0.248 e. The van der Waals surface area contributed by atoms with Gasteiger partial charge in [0.05, 0.1) is 12.0 Å². The molecule has 0 aromatic rings. The Hall–Kier alpha value is -1.14. The van der Waals surface area contributed by atoms with E-state index in [2.05, 4.69) is 0 Å². The lowest BCUT2D eigenvalue weighted by Gasteiger charge is -2.37. The normalized spacial score (nSPS) is 21.8. The third-order valence-electron chi connectivity index (χ3n) is 4.51. The lowest BCUT2D eigenvalue weighted by molar-refractivity contribution is -0.144. The van der Waals surface area contributed by atoms with E-state index < -0.39 is 0 Å². The molecule has 1 spiro atoms. The van der Waals surface area contributed by atoms with Gasteiger partial charge in [-0.3, -0.25) is 9.59 Å². The van der Waals surface area contributed by atoms with Gasteiger partial charge in [-0.05, 0) is 19.3 Å². The molecule has 0 atom stereocenters. The Morgan fingerprint density at radius 2 is 1.80 bits per heavy atom. The highest BCUT2D eigenvalue weighted by atomic mass is 16.5. The minimum absolute atomic E-state index is 0.0176. The number of amides is 2. The molecule has 6 heteroatoms. The van der Waals surface area contributed by atoms with E-state index in [1.165, 1.54) is 7.11 Å². The summed E-state index contributed by atoms with van der Waals surface area (Å²) in [6, 6.07) is 0. The molecule has 0 aromatic carbocycles. The van der Waals surface area contributed by atoms with Crippen LogP contribution in [-0.4, -0.2) is 75.2 Å². The number of methoxy groups -OCH3 is 2. The molecule has 2 aliphatic rings. The molecule has 0 aromatic heterocycles. The number of likely N-dealkylation sites (tertiary alicyclic amines) is 2. The van der Waals surface area contributed by atoms with Crippen LogP contribution in [-0.2, 0) is 19.1 Å². The summed E-state index contributed by atoms with van der Waals surface area (Å²) in [4.78, 5) is 28.0. The number of nitrogens with zero attached hydrogens (tertiary/aromatic N) is 2. The Labute approximate surface area is 120 Å². The number of hydrogen-bond donors (Lipinski definition) is 0. The summed E-state index contributed by atoms with van der Waals surface area (Å²) in [6.45, 7) is 3.51. The zero-order valence-electron chi connectivity index (χ0n) is 12.4. The molecule has 0 bridgehead atoms. The van der Waals surface area contributed by atoms with Gasteiger partial charge in [0.15, 0.2) is 0 Å². The minimum Gasteiger partial charge on any atom is -0.383 e. The number of rotatable bonds is 5. The minimum atomic E-state index is -0.238. The second kappa shape index (κ2) is 6.54. The Balaban J connectivity index is 1.89. The third-order valence-corrected chi connectivity index (χ3v) is 4.51. The van der Waals surface area contributed by atoms with Gasteiger partial charge in [-0.15, -0.1) is 0 Å². The first-order valence-corrected chi connectivity index (χ1v) is 7.18. The molecule has 0 radical (unpaired) electrons. The van der Waals surface area contributed by atoms with E-state index in [0.717, 1.165) is 25.8 Å². The number of piperidine rings is 1. The Morgan fingerprint density at radius 3 is 2.40 bits per heavy atom. The van der Waals surface area contributed by atoms with Crippen LogP contribution in [0.15, 0.2) is 0 Å². The lowest BCUT2D eigenvalue weighted by Crippen LogP contribution is -2.47. The van der Waals surface area contributed by atoms with Crippen molar-refractivity contribution in [2.24, 2.45) is 5.41 Å². The van der Waals surface area contributed by atoms with E-state index in [9.17, 15) is 9.59 Å². The van der Waals surface area contributed by atoms with E-state index in [0.29, 0.717) is 26.2 Å². The second-order valence-electron chi connectivity index (χ2n) is 5.63. The average Bonchev–Trinajstić information content (AvgIpc) is 2.75. The maximum absolute atomic E-state index is 12.5. The van der Waals surface area contributed by atoms with Crippen LogP contribution in [0.5, 0.6) is 0 Å². The fraction of sp³-hybridized carbons (Fsp3) is 0.857. The van der Waals surface area contributed by atoms with Gasteiger partial charge in [0.2, 0.25) is 11.8 Å². The zero-order valence-corrected chi connectivity index (χ0v) is 12.4. The fourth-order valence-corrected chi connectivity index (χ4v) is 3.17. The van der Waals surface area contributed by atoms with Gasteiger partial charge in [-0.1, -0.05) is 0 Å². The number of hydrogen-bond acceptors (Lipinski definition) is 4. The van der Waals surface area contributed by atoms with Gasteiger partial charge in [-0.25, -0.2) is 0 Å². The molecule has 2 amide bonds. The predicted octanol–water partition coefficient (Wildman–Crippen LogP) is 0.120. The van der Waals surface area contributed by atoms with Crippen LogP contribution in [0.4, 0.5) is 0 Å². The van der Waals surface area contributed by atoms with Crippen molar-refractivity contribution in [2.45, 2.75) is 19.3 Å². The Bertz CT molecular complexity index is 364. The van der Waals surface area contributed by atoms with Crippen molar-refractivity contribution in [3.63, 3.8) is 0 Å². The molecular formula is C14H24N2O4. The highest BCUT2D eigenvalue weighted by Gasteiger charge is 2.48. The summed E-state index contributed by atoms with van der Waals surface area (Å²) in [5.41, 5.74) is -0.238.